The van der Waals surface area contributed by atoms with Crippen molar-refractivity contribution in [3.63, 3.8) is 0 Å². The highest BCUT2D eigenvalue weighted by atomic mass is 16.2. The third-order valence-corrected chi connectivity index (χ3v) is 3.70. The Morgan fingerprint density at radius 3 is 2.82 bits per heavy atom. The molecule has 1 aromatic carbocycles. The van der Waals surface area contributed by atoms with Gasteiger partial charge in [-0.25, -0.2) is 9.97 Å². The van der Waals surface area contributed by atoms with E-state index in [1.54, 1.807) is 13.0 Å². The summed E-state index contributed by atoms with van der Waals surface area (Å²) in [5.74, 6) is 2.20. The lowest BCUT2D eigenvalue weighted by molar-refractivity contribution is -0.117. The lowest BCUT2D eigenvalue weighted by Crippen LogP contribution is -2.25. The van der Waals surface area contributed by atoms with Gasteiger partial charge in [-0.1, -0.05) is 18.2 Å². The molecule has 22 heavy (non-hydrogen) atoms. The van der Waals surface area contributed by atoms with Crippen LogP contribution in [0.25, 0.3) is 0 Å². The van der Waals surface area contributed by atoms with Crippen LogP contribution in [0, 0.1) is 12.8 Å². The molecule has 6 nitrogen and oxygen atoms in total. The maximum Gasteiger partial charge on any atom is 0.227 e. The number of nitrogen functional groups attached to an aromatic ring is 1. The van der Waals surface area contributed by atoms with Gasteiger partial charge in [-0.3, -0.25) is 4.79 Å². The van der Waals surface area contributed by atoms with Crippen molar-refractivity contribution in [1.29, 1.82) is 0 Å². The van der Waals surface area contributed by atoms with E-state index in [1.165, 1.54) is 0 Å². The second kappa shape index (κ2) is 6.01. The Labute approximate surface area is 129 Å². The van der Waals surface area contributed by atoms with Crippen LogP contribution in [-0.2, 0) is 4.79 Å². The van der Waals surface area contributed by atoms with E-state index in [1.807, 2.05) is 35.2 Å². The fourth-order valence-corrected chi connectivity index (χ4v) is 2.71. The van der Waals surface area contributed by atoms with E-state index in [4.69, 9.17) is 5.73 Å². The minimum absolute atomic E-state index is 0.163. The molecular weight excluding hydrogens is 278 g/mol. The number of rotatable bonds is 4. The maximum absolute atomic E-state index is 12.2. The molecule has 0 radical (unpaired) electrons. The molecule has 0 bridgehead atoms. The predicted octanol–water partition coefficient (Wildman–Crippen LogP) is 1.83. The standard InChI is InChI=1S/C16H19N5O/c1-11-19-14(17)8-15(20-11)18-9-12-7-16(22)21(10-12)13-5-3-2-4-6-13/h2-6,8,12H,7,9-10H2,1H3,(H3,17,18,19,20)/t12-/m0/s1. The highest BCUT2D eigenvalue weighted by Gasteiger charge is 2.30. The molecule has 1 saturated heterocycles. The third-order valence-electron chi connectivity index (χ3n) is 3.70. The number of nitrogens with zero attached hydrogens (tertiary/aromatic N) is 3. The minimum Gasteiger partial charge on any atom is -0.384 e. The summed E-state index contributed by atoms with van der Waals surface area (Å²) in [7, 11) is 0. The Bertz CT molecular complexity index is 653. The first-order chi connectivity index (χ1) is 10.6. The average molecular weight is 297 g/mol. The van der Waals surface area contributed by atoms with Crippen LogP contribution in [-0.4, -0.2) is 29.0 Å². The van der Waals surface area contributed by atoms with Crippen molar-refractivity contribution in [1.82, 2.24) is 9.97 Å². The molecule has 1 fully saturated rings. The van der Waals surface area contributed by atoms with Gasteiger partial charge >= 0.3 is 0 Å². The molecule has 1 atom stereocenters. The van der Waals surface area contributed by atoms with Gasteiger partial charge in [-0.05, 0) is 19.1 Å². The Hall–Kier alpha value is -2.63. The molecule has 1 aliphatic heterocycles. The molecule has 0 saturated carbocycles. The van der Waals surface area contributed by atoms with E-state index in [2.05, 4.69) is 15.3 Å². The second-order valence-electron chi connectivity index (χ2n) is 5.52. The first-order valence-electron chi connectivity index (χ1n) is 7.32. The minimum atomic E-state index is 0.163. The van der Waals surface area contributed by atoms with Crippen LogP contribution in [0.3, 0.4) is 0 Å². The molecule has 6 heteroatoms. The van der Waals surface area contributed by atoms with Crippen LogP contribution in [0.5, 0.6) is 0 Å². The summed E-state index contributed by atoms with van der Waals surface area (Å²) in [6.07, 6.45) is 0.543. The highest BCUT2D eigenvalue weighted by molar-refractivity contribution is 5.95. The predicted molar refractivity (Wildman–Crippen MR) is 86.6 cm³/mol. The fourth-order valence-electron chi connectivity index (χ4n) is 2.71. The molecule has 3 rings (SSSR count). The van der Waals surface area contributed by atoms with E-state index in [-0.39, 0.29) is 11.8 Å². The number of anilines is 3. The lowest BCUT2D eigenvalue weighted by atomic mass is 10.1. The van der Waals surface area contributed by atoms with E-state index >= 15 is 0 Å². The summed E-state index contributed by atoms with van der Waals surface area (Å²) >= 11 is 0. The Morgan fingerprint density at radius 2 is 2.09 bits per heavy atom. The molecule has 0 spiro atoms. The van der Waals surface area contributed by atoms with Crippen molar-refractivity contribution in [3.8, 4) is 0 Å². The number of carbonyl (C=O) groups is 1. The molecule has 3 N–H and O–H groups in total. The number of para-hydroxylation sites is 1. The number of nitrogens with two attached hydrogens (primary N) is 1. The SMILES string of the molecule is Cc1nc(N)cc(NC[C@@H]2CC(=O)N(c3ccccc3)C2)n1. The number of hydrogen-bond donors (Lipinski definition) is 2. The highest BCUT2D eigenvalue weighted by Crippen LogP contribution is 2.25. The van der Waals surface area contributed by atoms with Crippen LogP contribution in [0.15, 0.2) is 36.4 Å². The number of amides is 1. The van der Waals surface area contributed by atoms with E-state index in [9.17, 15) is 4.79 Å². The molecule has 2 aromatic rings. The van der Waals surface area contributed by atoms with Crippen molar-refractivity contribution in [2.45, 2.75) is 13.3 Å². The number of hydrogen-bond acceptors (Lipinski definition) is 5. The zero-order valence-corrected chi connectivity index (χ0v) is 12.5. The first kappa shape index (κ1) is 14.3. The van der Waals surface area contributed by atoms with Gasteiger partial charge in [0.05, 0.1) is 0 Å². The van der Waals surface area contributed by atoms with Gasteiger partial charge in [0.2, 0.25) is 5.91 Å². The number of aromatic nitrogens is 2. The van der Waals surface area contributed by atoms with Gasteiger partial charge in [-0.15, -0.1) is 0 Å². The summed E-state index contributed by atoms with van der Waals surface area (Å²) in [4.78, 5) is 22.3. The van der Waals surface area contributed by atoms with Crippen molar-refractivity contribution in [3.05, 3.63) is 42.2 Å². The lowest BCUT2D eigenvalue weighted by Gasteiger charge is -2.17. The van der Waals surface area contributed by atoms with Gasteiger partial charge < -0.3 is 16.0 Å². The van der Waals surface area contributed by atoms with Gasteiger partial charge in [-0.2, -0.15) is 0 Å². The normalized spacial score (nSPS) is 17.8. The van der Waals surface area contributed by atoms with Crippen LogP contribution >= 0.6 is 0 Å². The van der Waals surface area contributed by atoms with Crippen LogP contribution in [0.1, 0.15) is 12.2 Å². The molecular formula is C16H19N5O. The molecule has 0 aliphatic carbocycles. The number of aryl methyl sites for hydroxylation is 1. The van der Waals surface area contributed by atoms with Gasteiger partial charge in [0.1, 0.15) is 17.5 Å². The molecule has 1 amide bonds. The monoisotopic (exact) mass is 297 g/mol. The van der Waals surface area contributed by atoms with Gasteiger partial charge in [0, 0.05) is 37.2 Å². The molecule has 0 unspecified atom stereocenters. The molecule has 1 aliphatic rings. The second-order valence-corrected chi connectivity index (χ2v) is 5.52. The summed E-state index contributed by atoms with van der Waals surface area (Å²) in [5.41, 5.74) is 6.67. The maximum atomic E-state index is 12.2. The van der Waals surface area contributed by atoms with Gasteiger partial charge in [0.25, 0.3) is 0 Å². The topological polar surface area (TPSA) is 84.1 Å². The Morgan fingerprint density at radius 1 is 1.32 bits per heavy atom. The van der Waals surface area contributed by atoms with Crippen LogP contribution < -0.4 is 16.0 Å². The zero-order chi connectivity index (χ0) is 15.5. The number of benzene rings is 1. The van der Waals surface area contributed by atoms with E-state index < -0.39 is 0 Å². The molecule has 1 aromatic heterocycles. The third kappa shape index (κ3) is 3.16. The Kier molecular flexibility index (Phi) is 3.91. The summed E-state index contributed by atoms with van der Waals surface area (Å²) in [6, 6.07) is 11.5. The quantitative estimate of drug-likeness (QED) is 0.899. The summed E-state index contributed by atoms with van der Waals surface area (Å²) in [5, 5.41) is 3.25. The molecule has 2 heterocycles. The molecule has 114 valence electrons. The number of carbonyl (C=O) groups excluding carboxylic acids is 1. The van der Waals surface area contributed by atoms with E-state index in [0.717, 1.165) is 12.2 Å². The van der Waals surface area contributed by atoms with E-state index in [0.29, 0.717) is 30.4 Å². The largest absolute Gasteiger partial charge is 0.384 e. The zero-order valence-electron chi connectivity index (χ0n) is 12.5. The average Bonchev–Trinajstić information content (AvgIpc) is 2.86. The summed E-state index contributed by atoms with van der Waals surface area (Å²) in [6.45, 7) is 3.21. The van der Waals surface area contributed by atoms with Crippen LogP contribution in [0.2, 0.25) is 0 Å². The van der Waals surface area contributed by atoms with Crippen molar-refractivity contribution in [2.75, 3.05) is 29.0 Å². The summed E-state index contributed by atoms with van der Waals surface area (Å²) < 4.78 is 0. The first-order valence-corrected chi connectivity index (χ1v) is 7.32. The van der Waals surface area contributed by atoms with Crippen LogP contribution in [0.4, 0.5) is 17.3 Å². The van der Waals surface area contributed by atoms with Gasteiger partial charge in [0.15, 0.2) is 0 Å². The fraction of sp³-hybridized carbons (Fsp3) is 0.312. The van der Waals surface area contributed by atoms with Crippen molar-refractivity contribution >= 4 is 23.2 Å². The Balaban J connectivity index is 1.62. The van der Waals surface area contributed by atoms with Crippen molar-refractivity contribution < 1.29 is 4.79 Å². The van der Waals surface area contributed by atoms with Crippen molar-refractivity contribution in [2.24, 2.45) is 5.92 Å². The number of nitrogens with one attached hydrogen (secondary N) is 1. The smallest absolute Gasteiger partial charge is 0.227 e.